The van der Waals surface area contributed by atoms with E-state index in [2.05, 4.69) is 4.98 Å². The van der Waals surface area contributed by atoms with Crippen LogP contribution in [0, 0.1) is 0 Å². The van der Waals surface area contributed by atoms with Gasteiger partial charge in [0.2, 0.25) is 0 Å². The number of hydrogen-bond donors (Lipinski definition) is 1. The van der Waals surface area contributed by atoms with Gasteiger partial charge in [0.05, 0.1) is 17.0 Å². The zero-order valence-corrected chi connectivity index (χ0v) is 11.8. The summed E-state index contributed by atoms with van der Waals surface area (Å²) in [5.74, 6) is 1.54. The molecule has 4 nitrogen and oxygen atoms in total. The van der Waals surface area contributed by atoms with Crippen molar-refractivity contribution in [3.05, 3.63) is 40.3 Å². The third-order valence-electron chi connectivity index (χ3n) is 2.59. The Morgan fingerprint density at radius 1 is 1.26 bits per heavy atom. The maximum atomic E-state index is 5.78. The number of rotatable bonds is 7. The van der Waals surface area contributed by atoms with Gasteiger partial charge in [-0.15, -0.1) is 11.3 Å². The maximum Gasteiger partial charge on any atom is 0.161 e. The first-order valence-electron chi connectivity index (χ1n) is 6.29. The van der Waals surface area contributed by atoms with Gasteiger partial charge >= 0.3 is 0 Å². The lowest BCUT2D eigenvalue weighted by atomic mass is 10.1. The molecule has 2 rings (SSSR count). The van der Waals surface area contributed by atoms with Crippen LogP contribution in [0.15, 0.2) is 29.9 Å². The second-order valence-corrected chi connectivity index (χ2v) is 4.98. The fourth-order valence-electron chi connectivity index (χ4n) is 1.72. The minimum absolute atomic E-state index is 0.515. The number of thiazole rings is 1. The SMILES string of the molecule is CCOc1cc(CCN)ccc1OCc1cncs1. The number of benzene rings is 1. The summed E-state index contributed by atoms with van der Waals surface area (Å²) in [6.45, 7) is 3.72. The molecule has 0 saturated carbocycles. The third kappa shape index (κ3) is 3.94. The molecule has 102 valence electrons. The van der Waals surface area contributed by atoms with E-state index in [1.54, 1.807) is 16.8 Å². The Labute approximate surface area is 117 Å². The fourth-order valence-corrected chi connectivity index (χ4v) is 2.23. The number of hydrogen-bond acceptors (Lipinski definition) is 5. The van der Waals surface area contributed by atoms with Crippen LogP contribution in [0.4, 0.5) is 0 Å². The predicted molar refractivity (Wildman–Crippen MR) is 76.8 cm³/mol. The van der Waals surface area contributed by atoms with Gasteiger partial charge in [-0.3, -0.25) is 4.98 Å². The van der Waals surface area contributed by atoms with E-state index in [-0.39, 0.29) is 0 Å². The van der Waals surface area contributed by atoms with Crippen molar-refractivity contribution in [3.63, 3.8) is 0 Å². The number of aromatic nitrogens is 1. The van der Waals surface area contributed by atoms with Gasteiger partial charge < -0.3 is 15.2 Å². The van der Waals surface area contributed by atoms with E-state index in [1.807, 2.05) is 31.3 Å². The Morgan fingerprint density at radius 3 is 2.84 bits per heavy atom. The molecule has 2 N–H and O–H groups in total. The molecular weight excluding hydrogens is 260 g/mol. The molecule has 0 amide bonds. The molecule has 0 radical (unpaired) electrons. The highest BCUT2D eigenvalue weighted by Crippen LogP contribution is 2.29. The lowest BCUT2D eigenvalue weighted by Gasteiger charge is -2.12. The zero-order chi connectivity index (χ0) is 13.5. The average molecular weight is 278 g/mol. The zero-order valence-electron chi connectivity index (χ0n) is 11.0. The Hall–Kier alpha value is -1.59. The van der Waals surface area contributed by atoms with Crippen molar-refractivity contribution in [2.24, 2.45) is 5.73 Å². The number of nitrogens with two attached hydrogens (primary N) is 1. The van der Waals surface area contributed by atoms with E-state index >= 15 is 0 Å². The first-order chi connectivity index (χ1) is 9.33. The molecule has 5 heteroatoms. The van der Waals surface area contributed by atoms with Crippen LogP contribution < -0.4 is 15.2 Å². The molecule has 0 fully saturated rings. The molecule has 0 bridgehead atoms. The molecule has 0 spiro atoms. The Morgan fingerprint density at radius 2 is 2.16 bits per heavy atom. The summed E-state index contributed by atoms with van der Waals surface area (Å²) in [6, 6.07) is 5.97. The van der Waals surface area contributed by atoms with Crippen molar-refractivity contribution in [2.75, 3.05) is 13.2 Å². The summed E-state index contributed by atoms with van der Waals surface area (Å²) in [6.07, 6.45) is 2.66. The molecule has 0 unspecified atom stereocenters. The largest absolute Gasteiger partial charge is 0.490 e. The van der Waals surface area contributed by atoms with Crippen LogP contribution in [0.2, 0.25) is 0 Å². The lowest BCUT2D eigenvalue weighted by Crippen LogP contribution is -2.04. The standard InChI is InChI=1S/C14H18N2O2S/c1-2-17-14-7-11(5-6-15)3-4-13(14)18-9-12-8-16-10-19-12/h3-4,7-8,10H,2,5-6,9,15H2,1H3. The topological polar surface area (TPSA) is 57.4 Å². The van der Waals surface area contributed by atoms with E-state index < -0.39 is 0 Å². The van der Waals surface area contributed by atoms with Crippen molar-refractivity contribution in [1.29, 1.82) is 0 Å². The normalized spacial score (nSPS) is 10.4. The van der Waals surface area contributed by atoms with E-state index in [4.69, 9.17) is 15.2 Å². The number of nitrogens with zero attached hydrogens (tertiary/aromatic N) is 1. The quantitative estimate of drug-likeness (QED) is 0.846. The molecule has 0 aliphatic carbocycles. The van der Waals surface area contributed by atoms with Gasteiger partial charge in [-0.05, 0) is 37.6 Å². The second-order valence-electron chi connectivity index (χ2n) is 4.01. The smallest absolute Gasteiger partial charge is 0.161 e. The summed E-state index contributed by atoms with van der Waals surface area (Å²) in [5.41, 5.74) is 8.53. The minimum Gasteiger partial charge on any atom is -0.490 e. The van der Waals surface area contributed by atoms with E-state index in [0.717, 1.165) is 28.4 Å². The molecule has 0 aliphatic heterocycles. The van der Waals surface area contributed by atoms with E-state index in [9.17, 15) is 0 Å². The second kappa shape index (κ2) is 7.11. The van der Waals surface area contributed by atoms with E-state index in [0.29, 0.717) is 19.8 Å². The molecule has 2 aromatic rings. The highest BCUT2D eigenvalue weighted by Gasteiger charge is 2.07. The molecule has 1 aromatic heterocycles. The third-order valence-corrected chi connectivity index (χ3v) is 3.35. The summed E-state index contributed by atoms with van der Waals surface area (Å²) in [4.78, 5) is 5.12. The molecule has 1 heterocycles. The van der Waals surface area contributed by atoms with Gasteiger partial charge in [-0.25, -0.2) is 0 Å². The Bertz CT molecular complexity index is 500. The van der Waals surface area contributed by atoms with Gasteiger partial charge in [0.25, 0.3) is 0 Å². The summed E-state index contributed by atoms with van der Waals surface area (Å²) < 4.78 is 11.4. The molecule has 0 aliphatic rings. The minimum atomic E-state index is 0.515. The lowest BCUT2D eigenvalue weighted by molar-refractivity contribution is 0.271. The monoisotopic (exact) mass is 278 g/mol. The average Bonchev–Trinajstić information content (AvgIpc) is 2.92. The first kappa shape index (κ1) is 13.8. The van der Waals surface area contributed by atoms with Crippen LogP contribution in [-0.4, -0.2) is 18.1 Å². The van der Waals surface area contributed by atoms with E-state index in [1.165, 1.54) is 0 Å². The number of ether oxygens (including phenoxy) is 2. The predicted octanol–water partition coefficient (Wildman–Crippen LogP) is 2.62. The highest BCUT2D eigenvalue weighted by atomic mass is 32.1. The Kier molecular flexibility index (Phi) is 5.18. The van der Waals surface area contributed by atoms with Crippen molar-refractivity contribution in [1.82, 2.24) is 4.98 Å². The van der Waals surface area contributed by atoms with Crippen molar-refractivity contribution in [2.45, 2.75) is 20.0 Å². The first-order valence-corrected chi connectivity index (χ1v) is 7.17. The van der Waals surface area contributed by atoms with Crippen LogP contribution in [0.3, 0.4) is 0 Å². The maximum absolute atomic E-state index is 5.78. The molecule has 19 heavy (non-hydrogen) atoms. The van der Waals surface area contributed by atoms with Crippen LogP contribution in [0.25, 0.3) is 0 Å². The van der Waals surface area contributed by atoms with Gasteiger partial charge in [0, 0.05) is 6.20 Å². The molecule has 0 saturated heterocycles. The Balaban J connectivity index is 2.09. The van der Waals surface area contributed by atoms with Gasteiger partial charge in [0.15, 0.2) is 11.5 Å². The van der Waals surface area contributed by atoms with Crippen LogP contribution >= 0.6 is 11.3 Å². The van der Waals surface area contributed by atoms with Crippen molar-refractivity contribution >= 4 is 11.3 Å². The summed E-state index contributed by atoms with van der Waals surface area (Å²) in [5, 5.41) is 0. The van der Waals surface area contributed by atoms with Crippen LogP contribution in [0.1, 0.15) is 17.4 Å². The molecule has 1 aromatic carbocycles. The van der Waals surface area contributed by atoms with Gasteiger partial charge in [0.1, 0.15) is 6.61 Å². The highest BCUT2D eigenvalue weighted by molar-refractivity contribution is 7.09. The fraction of sp³-hybridized carbons (Fsp3) is 0.357. The van der Waals surface area contributed by atoms with Crippen molar-refractivity contribution in [3.8, 4) is 11.5 Å². The molecule has 0 atom stereocenters. The van der Waals surface area contributed by atoms with Crippen LogP contribution in [-0.2, 0) is 13.0 Å². The van der Waals surface area contributed by atoms with Crippen molar-refractivity contribution < 1.29 is 9.47 Å². The van der Waals surface area contributed by atoms with Gasteiger partial charge in [-0.1, -0.05) is 6.07 Å². The summed E-state index contributed by atoms with van der Waals surface area (Å²) >= 11 is 1.58. The van der Waals surface area contributed by atoms with Gasteiger partial charge in [-0.2, -0.15) is 0 Å². The summed E-state index contributed by atoms with van der Waals surface area (Å²) in [7, 11) is 0. The van der Waals surface area contributed by atoms with Crippen LogP contribution in [0.5, 0.6) is 11.5 Å². The molecular formula is C14H18N2O2S.